The van der Waals surface area contributed by atoms with Crippen LogP contribution in [0.1, 0.15) is 17.5 Å². The number of thioether (sulfide) groups is 1. The Morgan fingerprint density at radius 1 is 1.40 bits per heavy atom. The molecule has 1 aliphatic rings. The number of carbonyl (C=O) groups is 2. The van der Waals surface area contributed by atoms with E-state index in [-0.39, 0.29) is 12.3 Å². The van der Waals surface area contributed by atoms with Gasteiger partial charge in [0.2, 0.25) is 5.91 Å². The summed E-state index contributed by atoms with van der Waals surface area (Å²) in [5, 5.41) is 8.73. The third kappa shape index (κ3) is 3.01. The molecule has 0 saturated carbocycles. The second-order valence-electron chi connectivity index (χ2n) is 4.76. The molecule has 1 aromatic carbocycles. The Bertz CT molecular complexity index is 598. The number of nitrogens with zero attached hydrogens (tertiary/aromatic N) is 2. The highest BCUT2D eigenvalue weighted by Gasteiger charge is 2.33. The Balaban J connectivity index is 2.32. The van der Waals surface area contributed by atoms with Crippen LogP contribution < -0.4 is 0 Å². The maximum Gasteiger partial charge on any atom is 0.317 e. The van der Waals surface area contributed by atoms with Gasteiger partial charge in [0.1, 0.15) is 5.25 Å². The molecule has 0 aromatic heterocycles. The molecule has 1 fully saturated rings. The van der Waals surface area contributed by atoms with E-state index in [9.17, 15) is 9.59 Å². The number of aliphatic carboxylic acids is 1. The summed E-state index contributed by atoms with van der Waals surface area (Å²) in [5.74, 6) is -1.21. The predicted molar refractivity (Wildman–Crippen MR) is 79.4 cm³/mol. The fraction of sp³-hybridized carbons (Fsp3) is 0.357. The van der Waals surface area contributed by atoms with Crippen LogP contribution in [-0.4, -0.2) is 39.3 Å². The molecule has 1 atom stereocenters. The predicted octanol–water partition coefficient (Wildman–Crippen LogP) is 2.34. The molecule has 0 spiro atoms. The number of hydrogen-bond donors (Lipinski definition) is 1. The summed E-state index contributed by atoms with van der Waals surface area (Å²) >= 11 is 1.11. The lowest BCUT2D eigenvalue weighted by molar-refractivity contribution is -0.139. The zero-order chi connectivity index (χ0) is 14.9. The van der Waals surface area contributed by atoms with Crippen LogP contribution in [0.2, 0.25) is 0 Å². The smallest absolute Gasteiger partial charge is 0.317 e. The van der Waals surface area contributed by atoms with Gasteiger partial charge in [0, 0.05) is 7.05 Å². The first-order chi connectivity index (χ1) is 9.38. The lowest BCUT2D eigenvalue weighted by Gasteiger charge is -2.27. The summed E-state index contributed by atoms with van der Waals surface area (Å²) in [4.78, 5) is 28.7. The number of amidine groups is 1. The molecule has 2 rings (SSSR count). The van der Waals surface area contributed by atoms with Gasteiger partial charge in [0.15, 0.2) is 5.17 Å². The minimum Gasteiger partial charge on any atom is -0.480 e. The third-order valence-corrected chi connectivity index (χ3v) is 4.49. The molecule has 0 radical (unpaired) electrons. The number of benzene rings is 1. The molecule has 1 heterocycles. The van der Waals surface area contributed by atoms with Gasteiger partial charge in [-0.05, 0) is 37.1 Å². The van der Waals surface area contributed by atoms with Crippen molar-refractivity contribution in [2.75, 3.05) is 7.05 Å². The maximum atomic E-state index is 11.8. The van der Waals surface area contributed by atoms with Crippen molar-refractivity contribution >= 4 is 34.5 Å². The summed E-state index contributed by atoms with van der Waals surface area (Å²) in [6.07, 6.45) is 0.00243. The van der Waals surface area contributed by atoms with Gasteiger partial charge in [-0.25, -0.2) is 4.99 Å². The van der Waals surface area contributed by atoms with Gasteiger partial charge in [-0.2, -0.15) is 0 Å². The molecular formula is C14H16N2O3S. The molecule has 1 unspecified atom stereocenters. The monoisotopic (exact) mass is 292 g/mol. The minimum atomic E-state index is -0.982. The van der Waals surface area contributed by atoms with E-state index in [2.05, 4.69) is 4.99 Å². The van der Waals surface area contributed by atoms with E-state index in [4.69, 9.17) is 5.11 Å². The van der Waals surface area contributed by atoms with E-state index < -0.39 is 11.2 Å². The number of rotatable bonds is 2. The van der Waals surface area contributed by atoms with Crippen molar-refractivity contribution < 1.29 is 14.7 Å². The zero-order valence-corrected chi connectivity index (χ0v) is 12.4. The van der Waals surface area contributed by atoms with Crippen LogP contribution in [0.4, 0.5) is 5.69 Å². The third-order valence-electron chi connectivity index (χ3n) is 3.26. The van der Waals surface area contributed by atoms with Crippen molar-refractivity contribution in [2.24, 2.45) is 4.99 Å². The number of carboxylic acid groups (broad SMARTS) is 1. The second kappa shape index (κ2) is 5.66. The number of hydrogen-bond acceptors (Lipinski definition) is 4. The largest absolute Gasteiger partial charge is 0.480 e. The van der Waals surface area contributed by atoms with Gasteiger partial charge in [0.05, 0.1) is 12.1 Å². The fourth-order valence-electron chi connectivity index (χ4n) is 1.79. The van der Waals surface area contributed by atoms with E-state index in [0.717, 1.165) is 28.6 Å². The summed E-state index contributed by atoms with van der Waals surface area (Å²) in [6.45, 7) is 4.00. The van der Waals surface area contributed by atoms with Crippen LogP contribution in [0.3, 0.4) is 0 Å². The molecule has 1 aliphatic heterocycles. The van der Waals surface area contributed by atoms with Crippen molar-refractivity contribution in [3.63, 3.8) is 0 Å². The summed E-state index contributed by atoms with van der Waals surface area (Å²) < 4.78 is 0. The Labute approximate surface area is 121 Å². The number of aryl methyl sites for hydroxylation is 2. The molecule has 20 heavy (non-hydrogen) atoms. The summed E-state index contributed by atoms with van der Waals surface area (Å²) in [5.41, 5.74) is 3.00. The maximum absolute atomic E-state index is 11.8. The van der Waals surface area contributed by atoms with Crippen LogP contribution in [0.25, 0.3) is 0 Å². The molecular weight excluding hydrogens is 276 g/mol. The Kier molecular flexibility index (Phi) is 4.13. The number of aliphatic imine (C=N–C) groups is 1. The first-order valence-electron chi connectivity index (χ1n) is 6.20. The Morgan fingerprint density at radius 3 is 2.70 bits per heavy atom. The van der Waals surface area contributed by atoms with E-state index in [1.807, 2.05) is 32.0 Å². The molecule has 0 aliphatic carbocycles. The van der Waals surface area contributed by atoms with Gasteiger partial charge >= 0.3 is 5.97 Å². The highest BCUT2D eigenvalue weighted by Crippen LogP contribution is 2.28. The fourth-order valence-corrected chi connectivity index (χ4v) is 2.79. The molecule has 1 saturated heterocycles. The highest BCUT2D eigenvalue weighted by atomic mass is 32.2. The summed E-state index contributed by atoms with van der Waals surface area (Å²) in [7, 11) is 1.62. The van der Waals surface area contributed by atoms with E-state index >= 15 is 0 Å². The van der Waals surface area contributed by atoms with Crippen LogP contribution in [0, 0.1) is 13.8 Å². The van der Waals surface area contributed by atoms with Crippen LogP contribution in [0.15, 0.2) is 23.2 Å². The summed E-state index contributed by atoms with van der Waals surface area (Å²) in [6, 6.07) is 5.74. The molecule has 1 amide bonds. The molecule has 1 N–H and O–H groups in total. The van der Waals surface area contributed by atoms with Crippen molar-refractivity contribution in [1.29, 1.82) is 0 Å². The van der Waals surface area contributed by atoms with Crippen molar-refractivity contribution in [1.82, 2.24) is 4.90 Å². The second-order valence-corrected chi connectivity index (χ2v) is 5.93. The number of carboxylic acids is 1. The SMILES string of the molecule is Cc1ccc(/N=C2/SC(C(=O)O)CC(=O)N2C)cc1C. The topological polar surface area (TPSA) is 70.0 Å². The van der Waals surface area contributed by atoms with Gasteiger partial charge in [-0.15, -0.1) is 0 Å². The van der Waals surface area contributed by atoms with Gasteiger partial charge in [0.25, 0.3) is 0 Å². The van der Waals surface area contributed by atoms with Crippen LogP contribution in [-0.2, 0) is 9.59 Å². The molecule has 5 nitrogen and oxygen atoms in total. The molecule has 1 aromatic rings. The minimum absolute atomic E-state index is 0.00243. The molecule has 6 heteroatoms. The lowest BCUT2D eigenvalue weighted by Crippen LogP contribution is -2.41. The van der Waals surface area contributed by atoms with Gasteiger partial charge in [-0.1, -0.05) is 17.8 Å². The van der Waals surface area contributed by atoms with Crippen molar-refractivity contribution in [3.8, 4) is 0 Å². The first-order valence-corrected chi connectivity index (χ1v) is 7.08. The zero-order valence-electron chi connectivity index (χ0n) is 11.6. The molecule has 106 valence electrons. The van der Waals surface area contributed by atoms with Crippen LogP contribution in [0.5, 0.6) is 0 Å². The lowest BCUT2D eigenvalue weighted by atomic mass is 10.1. The van der Waals surface area contributed by atoms with Crippen LogP contribution >= 0.6 is 11.8 Å². The quantitative estimate of drug-likeness (QED) is 0.908. The van der Waals surface area contributed by atoms with Gasteiger partial charge in [-0.3, -0.25) is 14.5 Å². The van der Waals surface area contributed by atoms with E-state index in [0.29, 0.717) is 5.17 Å². The van der Waals surface area contributed by atoms with E-state index in [1.165, 1.54) is 4.90 Å². The molecule has 0 bridgehead atoms. The van der Waals surface area contributed by atoms with Crippen molar-refractivity contribution in [2.45, 2.75) is 25.5 Å². The standard InChI is InChI=1S/C14H16N2O3S/c1-8-4-5-10(6-9(8)2)15-14-16(3)12(17)7-11(20-14)13(18)19/h4-6,11H,7H2,1-3H3,(H,18,19)/b15-14+. The van der Waals surface area contributed by atoms with Gasteiger partial charge < -0.3 is 5.11 Å². The van der Waals surface area contributed by atoms with E-state index in [1.54, 1.807) is 7.05 Å². The highest BCUT2D eigenvalue weighted by molar-refractivity contribution is 8.15. The number of amides is 1. The first kappa shape index (κ1) is 14.6. The van der Waals surface area contributed by atoms with Crippen molar-refractivity contribution in [3.05, 3.63) is 29.3 Å². The normalized spacial score (nSPS) is 21.4. The number of carbonyl (C=O) groups excluding carboxylic acids is 1. The average Bonchev–Trinajstić information content (AvgIpc) is 2.38. The average molecular weight is 292 g/mol. The Hall–Kier alpha value is -1.82. The Morgan fingerprint density at radius 2 is 2.10 bits per heavy atom.